The van der Waals surface area contributed by atoms with Crippen molar-refractivity contribution in [2.75, 3.05) is 26.8 Å². The van der Waals surface area contributed by atoms with Gasteiger partial charge >= 0.3 is 6.18 Å². The van der Waals surface area contributed by atoms with Gasteiger partial charge in [-0.2, -0.15) is 13.2 Å². The molecule has 0 N–H and O–H groups in total. The normalized spacial score (nSPS) is 11.4. The Morgan fingerprint density at radius 2 is 1.61 bits per heavy atom. The van der Waals surface area contributed by atoms with E-state index in [4.69, 9.17) is 4.74 Å². The summed E-state index contributed by atoms with van der Waals surface area (Å²) in [5, 5.41) is 0. The lowest BCUT2D eigenvalue weighted by molar-refractivity contribution is -0.141. The van der Waals surface area contributed by atoms with Crippen molar-refractivity contribution < 1.29 is 27.5 Å². The fourth-order valence-corrected chi connectivity index (χ4v) is 4.66. The van der Waals surface area contributed by atoms with Gasteiger partial charge in [0.2, 0.25) is 11.8 Å². The number of benzene rings is 2. The third kappa shape index (κ3) is 10.4. The van der Waals surface area contributed by atoms with Gasteiger partial charge in [-0.3, -0.25) is 9.59 Å². The lowest BCUT2D eigenvalue weighted by Gasteiger charge is -2.28. The molecule has 1 aromatic heterocycles. The lowest BCUT2D eigenvalue weighted by Crippen LogP contribution is -2.43. The van der Waals surface area contributed by atoms with Crippen LogP contribution in [0, 0.1) is 0 Å². The van der Waals surface area contributed by atoms with Gasteiger partial charge in [0.1, 0.15) is 6.54 Å². The zero-order valence-electron chi connectivity index (χ0n) is 23.9. The van der Waals surface area contributed by atoms with Crippen LogP contribution in [0.2, 0.25) is 0 Å². The average molecular weight is 572 g/mol. The molecule has 0 saturated carbocycles. The predicted octanol–water partition coefficient (Wildman–Crippen LogP) is 6.53. The smallest absolute Gasteiger partial charge is 0.385 e. The second-order valence-electron chi connectivity index (χ2n) is 10.2. The summed E-state index contributed by atoms with van der Waals surface area (Å²) in [5.74, 6) is -0.242. The summed E-state index contributed by atoms with van der Waals surface area (Å²) >= 11 is 0. The van der Waals surface area contributed by atoms with Crippen LogP contribution in [0.1, 0.15) is 61.4 Å². The van der Waals surface area contributed by atoms with E-state index in [9.17, 15) is 22.8 Å². The molecule has 9 heteroatoms. The minimum absolute atomic E-state index is 0.0544. The Morgan fingerprint density at radius 1 is 0.854 bits per heavy atom. The summed E-state index contributed by atoms with van der Waals surface area (Å²) < 4.78 is 46.7. The Balaban J connectivity index is 1.77. The minimum atomic E-state index is -4.42. The number of hydrogen-bond acceptors (Lipinski definition) is 3. The molecule has 0 aliphatic rings. The highest BCUT2D eigenvalue weighted by Crippen LogP contribution is 2.29. The van der Waals surface area contributed by atoms with Gasteiger partial charge < -0.3 is 19.1 Å². The van der Waals surface area contributed by atoms with Crippen LogP contribution in [-0.4, -0.2) is 53.0 Å². The highest BCUT2D eigenvalue weighted by molar-refractivity contribution is 5.84. The maximum absolute atomic E-state index is 13.7. The van der Waals surface area contributed by atoms with E-state index in [0.29, 0.717) is 38.1 Å². The summed E-state index contributed by atoms with van der Waals surface area (Å²) in [6.45, 7) is 3.76. The number of unbranched alkanes of at least 4 members (excludes halogenated alkanes) is 2. The van der Waals surface area contributed by atoms with Crippen molar-refractivity contribution in [3.05, 3.63) is 95.3 Å². The number of hydrogen-bond donors (Lipinski definition) is 0. The summed E-state index contributed by atoms with van der Waals surface area (Å²) in [6.07, 6.45) is 1.10. The largest absolute Gasteiger partial charge is 0.416 e. The molecular formula is C32H40F3N3O3. The molecule has 1 heterocycles. The second-order valence-corrected chi connectivity index (χ2v) is 10.2. The van der Waals surface area contributed by atoms with Crippen molar-refractivity contribution in [1.29, 1.82) is 0 Å². The van der Waals surface area contributed by atoms with Gasteiger partial charge in [-0.15, -0.1) is 0 Å². The lowest BCUT2D eigenvalue weighted by atomic mass is 10.1. The number of halogens is 3. The molecule has 0 atom stereocenters. The van der Waals surface area contributed by atoms with Gasteiger partial charge in [-0.05, 0) is 48.2 Å². The van der Waals surface area contributed by atoms with E-state index in [0.717, 1.165) is 42.7 Å². The monoisotopic (exact) mass is 571 g/mol. The van der Waals surface area contributed by atoms with Gasteiger partial charge in [0, 0.05) is 51.7 Å². The number of alkyl halides is 3. The van der Waals surface area contributed by atoms with E-state index in [-0.39, 0.29) is 31.4 Å². The number of amides is 2. The standard InChI is InChI=1S/C32H40F3N3O3/c1-3-4-6-17-30(39)38(22-26-12-7-5-8-13-26)25-31(40)37(19-11-20-41-2)24-29-16-10-18-36(29)23-27-14-9-15-28(21-27)32(33,34)35/h5,7-10,12-16,18,21H,3-4,6,11,17,19-20,22-25H2,1-2H3. The van der Waals surface area contributed by atoms with Crippen LogP contribution in [0.25, 0.3) is 0 Å². The first-order valence-electron chi connectivity index (χ1n) is 14.1. The number of carbonyl (C=O) groups excluding carboxylic acids is 2. The van der Waals surface area contributed by atoms with Crippen LogP contribution < -0.4 is 0 Å². The second kappa shape index (κ2) is 16.0. The Bertz CT molecular complexity index is 1230. The molecule has 2 aromatic carbocycles. The maximum Gasteiger partial charge on any atom is 0.416 e. The molecule has 0 fully saturated rings. The number of rotatable bonds is 16. The molecular weight excluding hydrogens is 531 g/mol. The molecule has 0 radical (unpaired) electrons. The molecule has 41 heavy (non-hydrogen) atoms. The van der Waals surface area contributed by atoms with Gasteiger partial charge in [0.25, 0.3) is 0 Å². The van der Waals surface area contributed by atoms with E-state index in [1.54, 1.807) is 29.2 Å². The first kappa shape index (κ1) is 31.9. The highest BCUT2D eigenvalue weighted by Gasteiger charge is 2.30. The molecule has 2 amide bonds. The molecule has 3 rings (SSSR count). The molecule has 222 valence electrons. The Kier molecular flexibility index (Phi) is 12.5. The van der Waals surface area contributed by atoms with Gasteiger partial charge in [-0.1, -0.05) is 62.2 Å². The summed E-state index contributed by atoms with van der Waals surface area (Å²) in [4.78, 5) is 30.2. The first-order valence-corrected chi connectivity index (χ1v) is 14.1. The topological polar surface area (TPSA) is 54.8 Å². The van der Waals surface area contributed by atoms with E-state index in [1.165, 1.54) is 6.07 Å². The average Bonchev–Trinajstić information content (AvgIpc) is 3.38. The number of aromatic nitrogens is 1. The van der Waals surface area contributed by atoms with E-state index in [1.807, 2.05) is 47.0 Å². The van der Waals surface area contributed by atoms with Crippen molar-refractivity contribution in [2.45, 2.75) is 64.8 Å². The van der Waals surface area contributed by atoms with Crippen LogP contribution >= 0.6 is 0 Å². The Morgan fingerprint density at radius 3 is 2.32 bits per heavy atom. The van der Waals surface area contributed by atoms with Crippen molar-refractivity contribution in [1.82, 2.24) is 14.4 Å². The fraction of sp³-hybridized carbons (Fsp3) is 0.438. The van der Waals surface area contributed by atoms with Crippen LogP contribution in [0.3, 0.4) is 0 Å². The number of carbonyl (C=O) groups is 2. The van der Waals surface area contributed by atoms with Crippen LogP contribution in [0.4, 0.5) is 13.2 Å². The number of nitrogens with zero attached hydrogens (tertiary/aromatic N) is 3. The molecule has 0 unspecified atom stereocenters. The van der Waals surface area contributed by atoms with Gasteiger partial charge in [0.15, 0.2) is 0 Å². The van der Waals surface area contributed by atoms with Crippen LogP contribution in [0.15, 0.2) is 72.9 Å². The Labute approximate surface area is 240 Å². The van der Waals surface area contributed by atoms with Crippen LogP contribution in [-0.2, 0) is 40.1 Å². The summed E-state index contributed by atoms with van der Waals surface area (Å²) in [5.41, 5.74) is 1.56. The van der Waals surface area contributed by atoms with Gasteiger partial charge in [-0.25, -0.2) is 0 Å². The third-order valence-corrected chi connectivity index (χ3v) is 6.90. The maximum atomic E-state index is 13.7. The van der Waals surface area contributed by atoms with Crippen molar-refractivity contribution >= 4 is 11.8 Å². The minimum Gasteiger partial charge on any atom is -0.385 e. The van der Waals surface area contributed by atoms with Crippen LogP contribution in [0.5, 0.6) is 0 Å². The fourth-order valence-electron chi connectivity index (χ4n) is 4.66. The first-order chi connectivity index (χ1) is 19.7. The molecule has 0 saturated heterocycles. The SMILES string of the molecule is CCCCCC(=O)N(CC(=O)N(CCCOC)Cc1cccn1Cc1cccc(C(F)(F)F)c1)Cc1ccccc1. The molecule has 0 aliphatic heterocycles. The molecule has 0 bridgehead atoms. The molecule has 0 aliphatic carbocycles. The number of ether oxygens (including phenoxy) is 1. The van der Waals surface area contributed by atoms with Gasteiger partial charge in [0.05, 0.1) is 12.1 Å². The van der Waals surface area contributed by atoms with Crippen molar-refractivity contribution in [2.24, 2.45) is 0 Å². The quantitative estimate of drug-likeness (QED) is 0.184. The molecule has 0 spiro atoms. The summed E-state index contributed by atoms with van der Waals surface area (Å²) in [6, 6.07) is 18.6. The summed E-state index contributed by atoms with van der Waals surface area (Å²) in [7, 11) is 1.60. The highest BCUT2D eigenvalue weighted by atomic mass is 19.4. The third-order valence-electron chi connectivity index (χ3n) is 6.90. The zero-order valence-corrected chi connectivity index (χ0v) is 23.9. The predicted molar refractivity (Wildman–Crippen MR) is 153 cm³/mol. The van der Waals surface area contributed by atoms with E-state index >= 15 is 0 Å². The number of methoxy groups -OCH3 is 1. The Hall–Kier alpha value is -3.59. The van der Waals surface area contributed by atoms with E-state index in [2.05, 4.69) is 6.92 Å². The molecule has 6 nitrogen and oxygen atoms in total. The zero-order chi connectivity index (χ0) is 29.7. The molecule has 3 aromatic rings. The van der Waals surface area contributed by atoms with E-state index < -0.39 is 11.7 Å². The van der Waals surface area contributed by atoms with Crippen molar-refractivity contribution in [3.63, 3.8) is 0 Å². The van der Waals surface area contributed by atoms with Crippen molar-refractivity contribution in [3.8, 4) is 0 Å².